The van der Waals surface area contributed by atoms with Gasteiger partial charge in [-0.1, -0.05) is 12.1 Å². The van der Waals surface area contributed by atoms with E-state index in [0.29, 0.717) is 0 Å². The van der Waals surface area contributed by atoms with Crippen molar-refractivity contribution in [3.63, 3.8) is 0 Å². The second kappa shape index (κ2) is 6.30. The molecule has 0 aliphatic heterocycles. The summed E-state index contributed by atoms with van der Waals surface area (Å²) < 4.78 is 28.1. The Hall–Kier alpha value is -1.69. The van der Waals surface area contributed by atoms with Crippen molar-refractivity contribution in [1.82, 2.24) is 5.32 Å². The standard InChI is InChI=1S/C12H15F2NO3/c1-7(15-8(2)11(16)17)9-3-5-10(6-4-9)18-12(13)14/h3-8,12,15H,1-2H3,(H,16,17)/t7?,8-/m0/s1. The molecule has 0 aliphatic rings. The van der Waals surface area contributed by atoms with E-state index in [1.807, 2.05) is 0 Å². The number of nitrogens with one attached hydrogen (secondary N) is 1. The molecule has 18 heavy (non-hydrogen) atoms. The predicted octanol–water partition coefficient (Wildman–Crippen LogP) is 2.41. The Bertz CT molecular complexity index is 395. The molecule has 0 saturated carbocycles. The molecule has 100 valence electrons. The van der Waals surface area contributed by atoms with E-state index < -0.39 is 18.6 Å². The van der Waals surface area contributed by atoms with E-state index in [9.17, 15) is 13.6 Å². The Morgan fingerprint density at radius 2 is 1.83 bits per heavy atom. The molecule has 0 amide bonds. The van der Waals surface area contributed by atoms with Gasteiger partial charge in [-0.3, -0.25) is 10.1 Å². The fraction of sp³-hybridized carbons (Fsp3) is 0.417. The molecule has 1 unspecified atom stereocenters. The van der Waals surface area contributed by atoms with Gasteiger partial charge in [0.15, 0.2) is 0 Å². The zero-order chi connectivity index (χ0) is 13.7. The molecule has 0 aromatic heterocycles. The van der Waals surface area contributed by atoms with Gasteiger partial charge in [0.05, 0.1) is 0 Å². The fourth-order valence-corrected chi connectivity index (χ4v) is 1.48. The van der Waals surface area contributed by atoms with Gasteiger partial charge in [0, 0.05) is 6.04 Å². The van der Waals surface area contributed by atoms with Gasteiger partial charge in [0.2, 0.25) is 0 Å². The Morgan fingerprint density at radius 3 is 2.28 bits per heavy atom. The maximum Gasteiger partial charge on any atom is 0.387 e. The van der Waals surface area contributed by atoms with Crippen LogP contribution >= 0.6 is 0 Å². The number of hydrogen-bond donors (Lipinski definition) is 2. The van der Waals surface area contributed by atoms with Gasteiger partial charge in [-0.15, -0.1) is 0 Å². The molecule has 1 rings (SSSR count). The summed E-state index contributed by atoms with van der Waals surface area (Å²) in [6, 6.07) is 5.19. The van der Waals surface area contributed by atoms with Crippen molar-refractivity contribution in [1.29, 1.82) is 0 Å². The molecule has 0 fully saturated rings. The van der Waals surface area contributed by atoms with E-state index in [1.165, 1.54) is 19.1 Å². The second-order valence-corrected chi connectivity index (χ2v) is 3.90. The minimum Gasteiger partial charge on any atom is -0.480 e. The third-order valence-electron chi connectivity index (χ3n) is 2.48. The minimum atomic E-state index is -2.85. The minimum absolute atomic E-state index is 0.0761. The Morgan fingerprint density at radius 1 is 1.28 bits per heavy atom. The molecule has 0 spiro atoms. The zero-order valence-electron chi connectivity index (χ0n) is 10.1. The van der Waals surface area contributed by atoms with Gasteiger partial charge in [-0.2, -0.15) is 8.78 Å². The monoisotopic (exact) mass is 259 g/mol. The van der Waals surface area contributed by atoms with Crippen molar-refractivity contribution < 1.29 is 23.4 Å². The molecular formula is C12H15F2NO3. The van der Waals surface area contributed by atoms with Crippen LogP contribution in [-0.4, -0.2) is 23.7 Å². The van der Waals surface area contributed by atoms with Crippen molar-refractivity contribution in [2.24, 2.45) is 0 Å². The lowest BCUT2D eigenvalue weighted by Crippen LogP contribution is -2.35. The number of hydrogen-bond acceptors (Lipinski definition) is 3. The highest BCUT2D eigenvalue weighted by Crippen LogP contribution is 2.19. The molecule has 1 aromatic carbocycles. The van der Waals surface area contributed by atoms with Crippen LogP contribution in [0, 0.1) is 0 Å². The van der Waals surface area contributed by atoms with Crippen LogP contribution in [0.25, 0.3) is 0 Å². The predicted molar refractivity (Wildman–Crippen MR) is 61.7 cm³/mol. The molecular weight excluding hydrogens is 244 g/mol. The lowest BCUT2D eigenvalue weighted by molar-refractivity contribution is -0.139. The number of benzene rings is 1. The first kappa shape index (κ1) is 14.4. The molecule has 1 aromatic rings. The number of carbonyl (C=O) groups is 1. The van der Waals surface area contributed by atoms with Gasteiger partial charge in [-0.05, 0) is 31.5 Å². The number of halogens is 2. The molecule has 4 nitrogen and oxygen atoms in total. The lowest BCUT2D eigenvalue weighted by Gasteiger charge is -2.17. The van der Waals surface area contributed by atoms with Crippen molar-refractivity contribution >= 4 is 5.97 Å². The summed E-state index contributed by atoms with van der Waals surface area (Å²) in [5.41, 5.74) is 0.796. The summed E-state index contributed by atoms with van der Waals surface area (Å²) in [5, 5.41) is 11.6. The smallest absolute Gasteiger partial charge is 0.387 e. The van der Waals surface area contributed by atoms with Crippen LogP contribution in [0.5, 0.6) is 5.75 Å². The molecule has 2 atom stereocenters. The first-order chi connectivity index (χ1) is 8.40. The fourth-order valence-electron chi connectivity index (χ4n) is 1.48. The summed E-state index contributed by atoms with van der Waals surface area (Å²) in [6.07, 6.45) is 0. The molecule has 6 heteroatoms. The highest BCUT2D eigenvalue weighted by molar-refractivity contribution is 5.72. The van der Waals surface area contributed by atoms with Gasteiger partial charge in [-0.25, -0.2) is 0 Å². The van der Waals surface area contributed by atoms with Gasteiger partial charge < -0.3 is 9.84 Å². The second-order valence-electron chi connectivity index (χ2n) is 3.90. The van der Waals surface area contributed by atoms with E-state index in [4.69, 9.17) is 5.11 Å². The molecule has 0 radical (unpaired) electrons. The van der Waals surface area contributed by atoms with Gasteiger partial charge in [0.1, 0.15) is 11.8 Å². The van der Waals surface area contributed by atoms with Crippen LogP contribution in [0.4, 0.5) is 8.78 Å². The Balaban J connectivity index is 2.64. The van der Waals surface area contributed by atoms with Crippen LogP contribution in [0.15, 0.2) is 24.3 Å². The van der Waals surface area contributed by atoms with Crippen LogP contribution < -0.4 is 10.1 Å². The summed E-state index contributed by atoms with van der Waals surface area (Å²) >= 11 is 0. The molecule has 0 saturated heterocycles. The highest BCUT2D eigenvalue weighted by atomic mass is 19.3. The summed E-state index contributed by atoms with van der Waals surface area (Å²) in [6.45, 7) is 0.480. The van der Waals surface area contributed by atoms with E-state index in [2.05, 4.69) is 10.1 Å². The number of rotatable bonds is 6. The Labute approximate surface area is 104 Å². The average Bonchev–Trinajstić information content (AvgIpc) is 2.28. The number of ether oxygens (including phenoxy) is 1. The maximum atomic E-state index is 11.9. The van der Waals surface area contributed by atoms with Crippen LogP contribution in [0.3, 0.4) is 0 Å². The number of aliphatic carboxylic acids is 1. The largest absolute Gasteiger partial charge is 0.480 e. The van der Waals surface area contributed by atoms with E-state index in [1.54, 1.807) is 19.1 Å². The van der Waals surface area contributed by atoms with E-state index >= 15 is 0 Å². The SMILES string of the molecule is CC(N[C@@H](C)C(=O)O)c1ccc(OC(F)F)cc1. The number of carboxylic acids is 1. The Kier molecular flexibility index (Phi) is 5.03. The molecule has 0 aliphatic carbocycles. The van der Waals surface area contributed by atoms with Crippen molar-refractivity contribution in [2.75, 3.05) is 0 Å². The van der Waals surface area contributed by atoms with E-state index in [0.717, 1.165) is 5.56 Å². The summed E-state index contributed by atoms with van der Waals surface area (Å²) in [4.78, 5) is 10.7. The summed E-state index contributed by atoms with van der Waals surface area (Å²) in [7, 11) is 0. The number of carboxylic acid groups (broad SMARTS) is 1. The van der Waals surface area contributed by atoms with Crippen molar-refractivity contribution in [3.8, 4) is 5.75 Å². The molecule has 0 bridgehead atoms. The zero-order valence-corrected chi connectivity index (χ0v) is 10.1. The normalized spacial score (nSPS) is 14.3. The maximum absolute atomic E-state index is 11.9. The van der Waals surface area contributed by atoms with Gasteiger partial charge >= 0.3 is 12.6 Å². The first-order valence-corrected chi connectivity index (χ1v) is 5.43. The first-order valence-electron chi connectivity index (χ1n) is 5.43. The van der Waals surface area contributed by atoms with Crippen LogP contribution in [-0.2, 0) is 4.79 Å². The van der Waals surface area contributed by atoms with Crippen LogP contribution in [0.2, 0.25) is 0 Å². The number of alkyl halides is 2. The van der Waals surface area contributed by atoms with Gasteiger partial charge in [0.25, 0.3) is 0 Å². The third-order valence-corrected chi connectivity index (χ3v) is 2.48. The summed E-state index contributed by atoms with van der Waals surface area (Å²) in [5.74, 6) is -0.869. The van der Waals surface area contributed by atoms with Crippen molar-refractivity contribution in [2.45, 2.75) is 32.5 Å². The average molecular weight is 259 g/mol. The quantitative estimate of drug-likeness (QED) is 0.823. The molecule has 0 heterocycles. The van der Waals surface area contributed by atoms with Crippen LogP contribution in [0.1, 0.15) is 25.5 Å². The molecule has 2 N–H and O–H groups in total. The van der Waals surface area contributed by atoms with Crippen molar-refractivity contribution in [3.05, 3.63) is 29.8 Å². The highest BCUT2D eigenvalue weighted by Gasteiger charge is 2.15. The van der Waals surface area contributed by atoms with E-state index in [-0.39, 0.29) is 11.8 Å². The lowest BCUT2D eigenvalue weighted by atomic mass is 10.1. The third kappa shape index (κ3) is 4.29. The topological polar surface area (TPSA) is 58.6 Å².